The highest BCUT2D eigenvalue weighted by atomic mass is 16.5. The predicted molar refractivity (Wildman–Crippen MR) is 126 cm³/mol. The van der Waals surface area contributed by atoms with E-state index in [1.54, 1.807) is 23.1 Å². The maximum atomic E-state index is 13.1. The molecule has 0 saturated heterocycles. The van der Waals surface area contributed by atoms with E-state index in [4.69, 9.17) is 15.6 Å². The van der Waals surface area contributed by atoms with Crippen LogP contribution in [0, 0.1) is 10.8 Å². The molecule has 2 aliphatic heterocycles. The molecular weight excluding hydrogens is 404 g/mol. The summed E-state index contributed by atoms with van der Waals surface area (Å²) in [5, 5.41) is 18.8. The number of hydrogen-bond acceptors (Lipinski definition) is 6. The van der Waals surface area contributed by atoms with E-state index in [1.165, 1.54) is 5.57 Å². The zero-order valence-corrected chi connectivity index (χ0v) is 18.2. The molecule has 1 aromatic heterocycles. The molecule has 8 nitrogen and oxygen atoms in total. The summed E-state index contributed by atoms with van der Waals surface area (Å²) >= 11 is 0. The maximum absolute atomic E-state index is 13.1. The van der Waals surface area contributed by atoms with Gasteiger partial charge in [0.1, 0.15) is 17.3 Å². The van der Waals surface area contributed by atoms with Crippen molar-refractivity contribution in [2.45, 2.75) is 19.3 Å². The number of amidine groups is 1. The molecule has 1 amide bonds. The van der Waals surface area contributed by atoms with Crippen molar-refractivity contribution in [3.63, 3.8) is 0 Å². The SMILES string of the molecule is CN1CC=C(c2ccc3c(c2)OCCCCN(C=N)C(=N)c2cccc(n2)NC3=O)CC1. The fraction of sp³-hybridized carbons (Fsp3) is 0.333. The Morgan fingerprint density at radius 2 is 2.06 bits per heavy atom. The first-order valence-corrected chi connectivity index (χ1v) is 10.8. The molecule has 3 heterocycles. The van der Waals surface area contributed by atoms with Crippen LogP contribution in [-0.2, 0) is 0 Å². The molecule has 4 rings (SSSR count). The molecule has 2 aromatic rings. The monoisotopic (exact) mass is 432 g/mol. The Hall–Kier alpha value is -3.52. The number of nitrogens with one attached hydrogen (secondary N) is 3. The number of carbonyl (C=O) groups is 1. The molecule has 0 saturated carbocycles. The largest absolute Gasteiger partial charge is 0.493 e. The fourth-order valence-corrected chi connectivity index (χ4v) is 3.84. The number of rotatable bonds is 2. The van der Waals surface area contributed by atoms with Gasteiger partial charge in [-0.15, -0.1) is 0 Å². The van der Waals surface area contributed by atoms with Crippen LogP contribution in [0.5, 0.6) is 5.75 Å². The van der Waals surface area contributed by atoms with Crippen molar-refractivity contribution >= 4 is 29.5 Å². The summed E-state index contributed by atoms with van der Waals surface area (Å²) in [6.07, 6.45) is 5.81. The van der Waals surface area contributed by atoms with E-state index >= 15 is 0 Å². The molecular formula is C24H28N6O2. The van der Waals surface area contributed by atoms with Gasteiger partial charge >= 0.3 is 0 Å². The molecule has 2 bridgehead atoms. The van der Waals surface area contributed by atoms with Gasteiger partial charge in [0, 0.05) is 19.6 Å². The third-order valence-corrected chi connectivity index (χ3v) is 5.74. The number of nitrogens with zero attached hydrogens (tertiary/aromatic N) is 3. The zero-order valence-electron chi connectivity index (χ0n) is 18.2. The number of amides is 1. The number of fused-ring (bicyclic) bond motifs is 3. The molecule has 166 valence electrons. The molecule has 0 radical (unpaired) electrons. The van der Waals surface area contributed by atoms with E-state index < -0.39 is 0 Å². The first-order chi connectivity index (χ1) is 15.5. The highest BCUT2D eigenvalue weighted by molar-refractivity contribution is 6.06. The quantitative estimate of drug-likeness (QED) is 0.498. The lowest BCUT2D eigenvalue weighted by atomic mass is 9.97. The Morgan fingerprint density at radius 1 is 1.19 bits per heavy atom. The first kappa shape index (κ1) is 21.7. The zero-order chi connectivity index (χ0) is 22.5. The van der Waals surface area contributed by atoms with Crippen molar-refractivity contribution in [3.8, 4) is 5.75 Å². The van der Waals surface area contributed by atoms with E-state index in [2.05, 4.69) is 28.3 Å². The molecule has 0 spiro atoms. The fourth-order valence-electron chi connectivity index (χ4n) is 3.84. The van der Waals surface area contributed by atoms with Gasteiger partial charge in [-0.05, 0) is 61.7 Å². The highest BCUT2D eigenvalue weighted by Gasteiger charge is 2.19. The van der Waals surface area contributed by atoms with Crippen LogP contribution in [0.15, 0.2) is 42.5 Å². The van der Waals surface area contributed by atoms with E-state index in [1.807, 2.05) is 18.2 Å². The van der Waals surface area contributed by atoms with E-state index in [0.717, 1.165) is 44.3 Å². The summed E-state index contributed by atoms with van der Waals surface area (Å²) in [6.45, 7) is 2.89. The van der Waals surface area contributed by atoms with Gasteiger partial charge in [0.05, 0.1) is 18.5 Å². The summed E-state index contributed by atoms with van der Waals surface area (Å²) in [7, 11) is 2.11. The van der Waals surface area contributed by atoms with E-state index in [-0.39, 0.29) is 11.7 Å². The van der Waals surface area contributed by atoms with Gasteiger partial charge in [-0.1, -0.05) is 18.2 Å². The third kappa shape index (κ3) is 4.86. The second-order valence-corrected chi connectivity index (χ2v) is 8.04. The number of aromatic nitrogens is 1. The minimum Gasteiger partial charge on any atom is -0.493 e. The second kappa shape index (κ2) is 9.74. The van der Waals surface area contributed by atoms with E-state index in [0.29, 0.717) is 36.0 Å². The summed E-state index contributed by atoms with van der Waals surface area (Å²) in [5.74, 6) is 0.739. The van der Waals surface area contributed by atoms with Gasteiger partial charge in [-0.25, -0.2) is 4.98 Å². The van der Waals surface area contributed by atoms with Crippen LogP contribution in [0.1, 0.15) is 40.9 Å². The normalized spacial score (nSPS) is 18.0. The molecule has 0 aliphatic carbocycles. The maximum Gasteiger partial charge on any atom is 0.260 e. The lowest BCUT2D eigenvalue weighted by Gasteiger charge is -2.23. The topological polar surface area (TPSA) is 105 Å². The van der Waals surface area contributed by atoms with Gasteiger partial charge < -0.3 is 19.9 Å². The number of hydrogen-bond donors (Lipinski definition) is 3. The van der Waals surface area contributed by atoms with Crippen LogP contribution in [-0.4, -0.2) is 66.2 Å². The molecule has 0 fully saturated rings. The molecule has 3 N–H and O–H groups in total. The predicted octanol–water partition coefficient (Wildman–Crippen LogP) is 3.46. The van der Waals surface area contributed by atoms with Crippen LogP contribution in [0.3, 0.4) is 0 Å². The molecule has 2 aliphatic rings. The number of likely N-dealkylation sites (N-methyl/N-ethyl adjacent to an activating group) is 1. The third-order valence-electron chi connectivity index (χ3n) is 5.74. The average molecular weight is 433 g/mol. The molecule has 32 heavy (non-hydrogen) atoms. The lowest BCUT2D eigenvalue weighted by molar-refractivity contribution is 0.102. The summed E-state index contributed by atoms with van der Waals surface area (Å²) in [6, 6.07) is 10.9. The minimum atomic E-state index is -0.305. The van der Waals surface area contributed by atoms with Gasteiger partial charge in [-0.2, -0.15) is 0 Å². The number of benzene rings is 1. The van der Waals surface area contributed by atoms with Gasteiger partial charge in [0.25, 0.3) is 5.91 Å². The smallest absolute Gasteiger partial charge is 0.260 e. The highest BCUT2D eigenvalue weighted by Crippen LogP contribution is 2.29. The van der Waals surface area contributed by atoms with Crippen molar-refractivity contribution in [3.05, 3.63) is 59.3 Å². The number of carbonyl (C=O) groups excluding carboxylic acids is 1. The minimum absolute atomic E-state index is 0.130. The van der Waals surface area contributed by atoms with Crippen LogP contribution in [0.2, 0.25) is 0 Å². The standard InChI is InChI=1S/C24H28N6O2/c1-29-12-9-17(10-13-29)18-7-8-19-21(15-18)32-14-3-2-11-30(16-25)23(26)20-5-4-6-22(27-20)28-24(19)31/h4-9,15-16,25-26H,2-3,10-14H2,1H3,(H,27,28,31). The van der Waals surface area contributed by atoms with Gasteiger partial charge in [-0.3, -0.25) is 15.6 Å². The van der Waals surface area contributed by atoms with Gasteiger partial charge in [0.2, 0.25) is 0 Å². The van der Waals surface area contributed by atoms with Crippen molar-refractivity contribution < 1.29 is 9.53 Å². The molecule has 0 atom stereocenters. The summed E-state index contributed by atoms with van der Waals surface area (Å²) in [5.41, 5.74) is 3.21. The second-order valence-electron chi connectivity index (χ2n) is 8.04. The molecule has 0 unspecified atom stereocenters. The Labute approximate surface area is 187 Å². The van der Waals surface area contributed by atoms with Crippen LogP contribution in [0.4, 0.5) is 5.82 Å². The van der Waals surface area contributed by atoms with Crippen molar-refractivity contribution in [1.29, 1.82) is 10.8 Å². The number of ether oxygens (including phenoxy) is 1. The molecule has 1 aromatic carbocycles. The van der Waals surface area contributed by atoms with Crippen LogP contribution < -0.4 is 10.1 Å². The number of pyridine rings is 1. The Bertz CT molecular complexity index is 1060. The van der Waals surface area contributed by atoms with Crippen molar-refractivity contribution in [2.75, 3.05) is 38.6 Å². The first-order valence-electron chi connectivity index (χ1n) is 10.8. The lowest BCUT2D eigenvalue weighted by Crippen LogP contribution is -2.31. The van der Waals surface area contributed by atoms with E-state index in [9.17, 15) is 4.79 Å². The number of anilines is 1. The van der Waals surface area contributed by atoms with Crippen LogP contribution in [0.25, 0.3) is 5.57 Å². The van der Waals surface area contributed by atoms with Crippen molar-refractivity contribution in [2.24, 2.45) is 0 Å². The van der Waals surface area contributed by atoms with Crippen molar-refractivity contribution in [1.82, 2.24) is 14.8 Å². The summed E-state index contributed by atoms with van der Waals surface area (Å²) < 4.78 is 6.06. The summed E-state index contributed by atoms with van der Waals surface area (Å²) in [4.78, 5) is 21.3. The Morgan fingerprint density at radius 3 is 2.84 bits per heavy atom. The van der Waals surface area contributed by atoms with Gasteiger partial charge in [0.15, 0.2) is 5.84 Å². The average Bonchev–Trinajstić information content (AvgIpc) is 2.81. The Balaban J connectivity index is 1.66. The molecule has 8 heteroatoms. The van der Waals surface area contributed by atoms with Crippen LogP contribution >= 0.6 is 0 Å². The Kier molecular flexibility index (Phi) is 6.61.